The monoisotopic (exact) mass is 361 g/mol. The molecule has 3 N–H and O–H groups in total. The zero-order valence-corrected chi connectivity index (χ0v) is 13.6. The molecule has 0 fully saturated rings. The number of anilines is 2. The van der Waals surface area contributed by atoms with Crippen LogP contribution in [0.15, 0.2) is 36.5 Å². The van der Waals surface area contributed by atoms with E-state index >= 15 is 0 Å². The van der Waals surface area contributed by atoms with Gasteiger partial charge in [-0.2, -0.15) is 5.10 Å². The molecule has 1 aromatic carbocycles. The minimum absolute atomic E-state index is 0.170. The average Bonchev–Trinajstić information content (AvgIpc) is 3.00. The van der Waals surface area contributed by atoms with Gasteiger partial charge in [0.25, 0.3) is 5.91 Å². The Labute approximate surface area is 146 Å². The van der Waals surface area contributed by atoms with Gasteiger partial charge in [0.15, 0.2) is 5.65 Å². The van der Waals surface area contributed by atoms with Gasteiger partial charge in [-0.15, -0.1) is 11.6 Å². The van der Waals surface area contributed by atoms with Gasteiger partial charge in [-0.1, -0.05) is 0 Å². The topological polar surface area (TPSA) is 99.8 Å². The summed E-state index contributed by atoms with van der Waals surface area (Å²) in [6, 6.07) is 6.97. The molecule has 0 saturated heterocycles. The number of alkyl halides is 1. The maximum atomic E-state index is 12.9. The predicted octanol–water partition coefficient (Wildman–Crippen LogP) is 2.92. The smallest absolute Gasteiger partial charge is 0.274 e. The molecule has 0 atom stereocenters. The number of carbonyl (C=O) groups is 2. The average molecular weight is 362 g/mol. The fourth-order valence-electron chi connectivity index (χ4n) is 2.18. The molecule has 0 spiro atoms. The summed E-state index contributed by atoms with van der Waals surface area (Å²) in [7, 11) is 0. The lowest BCUT2D eigenvalue weighted by molar-refractivity contribution is -0.115. The van der Waals surface area contributed by atoms with E-state index in [4.69, 9.17) is 11.6 Å². The molecular weight excluding hydrogens is 349 g/mol. The summed E-state index contributed by atoms with van der Waals surface area (Å²) in [5, 5.41) is 12.3. The molecule has 0 aliphatic rings. The van der Waals surface area contributed by atoms with Crippen LogP contribution >= 0.6 is 11.6 Å². The molecule has 3 rings (SSSR count). The number of carbonyl (C=O) groups excluding carboxylic acids is 2. The number of hydrogen-bond acceptors (Lipinski definition) is 4. The third-order valence-electron chi connectivity index (χ3n) is 3.34. The summed E-state index contributed by atoms with van der Waals surface area (Å²) in [5.74, 6) is -0.901. The summed E-state index contributed by atoms with van der Waals surface area (Å²) in [6.45, 7) is 0. The molecule has 2 aromatic heterocycles. The van der Waals surface area contributed by atoms with Crippen molar-refractivity contribution in [2.75, 3.05) is 16.5 Å². The van der Waals surface area contributed by atoms with Crippen molar-refractivity contribution in [3.63, 3.8) is 0 Å². The Morgan fingerprint density at radius 1 is 1.16 bits per heavy atom. The zero-order valence-electron chi connectivity index (χ0n) is 12.8. The van der Waals surface area contributed by atoms with E-state index in [1.807, 2.05) is 0 Å². The van der Waals surface area contributed by atoms with Gasteiger partial charge >= 0.3 is 0 Å². The SMILES string of the molecule is O=C(CCCl)Nc1cnc2n[nH]c(C(=O)Nc3ccc(F)cc3)c2c1. The Kier molecular flexibility index (Phi) is 4.90. The molecule has 0 aliphatic carbocycles. The summed E-state index contributed by atoms with van der Waals surface area (Å²) in [6.07, 6.45) is 1.61. The van der Waals surface area contributed by atoms with E-state index in [0.29, 0.717) is 22.4 Å². The van der Waals surface area contributed by atoms with Crippen molar-refractivity contribution in [2.24, 2.45) is 0 Å². The quantitative estimate of drug-likeness (QED) is 0.608. The van der Waals surface area contributed by atoms with Crippen LogP contribution in [-0.4, -0.2) is 32.9 Å². The highest BCUT2D eigenvalue weighted by molar-refractivity contribution is 6.19. The Hall–Kier alpha value is -3.00. The molecule has 128 valence electrons. The van der Waals surface area contributed by atoms with E-state index in [-0.39, 0.29) is 23.9 Å². The highest BCUT2D eigenvalue weighted by atomic mass is 35.5. The summed E-state index contributed by atoms with van der Waals surface area (Å²) in [5.41, 5.74) is 1.38. The lowest BCUT2D eigenvalue weighted by Gasteiger charge is -2.05. The number of nitrogens with one attached hydrogen (secondary N) is 3. The van der Waals surface area contributed by atoms with E-state index in [1.54, 1.807) is 6.07 Å². The maximum Gasteiger partial charge on any atom is 0.274 e. The number of hydrogen-bond donors (Lipinski definition) is 3. The number of halogens is 2. The molecule has 25 heavy (non-hydrogen) atoms. The highest BCUT2D eigenvalue weighted by Crippen LogP contribution is 2.20. The number of fused-ring (bicyclic) bond motifs is 1. The van der Waals surface area contributed by atoms with Gasteiger partial charge in [-0.25, -0.2) is 9.37 Å². The summed E-state index contributed by atoms with van der Waals surface area (Å²) >= 11 is 5.53. The number of amides is 2. The van der Waals surface area contributed by atoms with Crippen molar-refractivity contribution in [3.8, 4) is 0 Å². The second kappa shape index (κ2) is 7.27. The first-order valence-corrected chi connectivity index (χ1v) is 7.87. The summed E-state index contributed by atoms with van der Waals surface area (Å²) < 4.78 is 12.9. The first-order valence-electron chi connectivity index (χ1n) is 7.33. The molecule has 3 aromatic rings. The van der Waals surface area contributed by atoms with Crippen molar-refractivity contribution in [2.45, 2.75) is 6.42 Å². The fourth-order valence-corrected chi connectivity index (χ4v) is 2.35. The van der Waals surface area contributed by atoms with Crippen LogP contribution in [0, 0.1) is 5.82 Å². The van der Waals surface area contributed by atoms with Crippen LogP contribution in [0.5, 0.6) is 0 Å². The van der Waals surface area contributed by atoms with Crippen LogP contribution in [-0.2, 0) is 4.79 Å². The third kappa shape index (κ3) is 3.92. The third-order valence-corrected chi connectivity index (χ3v) is 3.53. The molecule has 2 amide bonds. The number of H-pyrrole nitrogens is 1. The van der Waals surface area contributed by atoms with Crippen LogP contribution in [0.3, 0.4) is 0 Å². The normalized spacial score (nSPS) is 10.6. The number of nitrogens with zero attached hydrogens (tertiary/aromatic N) is 2. The number of aromatic nitrogens is 3. The van der Waals surface area contributed by atoms with Crippen LogP contribution < -0.4 is 10.6 Å². The van der Waals surface area contributed by atoms with Gasteiger partial charge in [0.05, 0.1) is 17.3 Å². The Morgan fingerprint density at radius 2 is 1.92 bits per heavy atom. The van der Waals surface area contributed by atoms with Crippen molar-refractivity contribution < 1.29 is 14.0 Å². The Morgan fingerprint density at radius 3 is 2.64 bits per heavy atom. The minimum Gasteiger partial charge on any atom is -0.325 e. The highest BCUT2D eigenvalue weighted by Gasteiger charge is 2.15. The number of benzene rings is 1. The molecule has 2 heterocycles. The van der Waals surface area contributed by atoms with E-state index in [2.05, 4.69) is 25.8 Å². The predicted molar refractivity (Wildman–Crippen MR) is 92.2 cm³/mol. The van der Waals surface area contributed by atoms with Gasteiger partial charge in [0.1, 0.15) is 11.5 Å². The first kappa shape index (κ1) is 16.8. The van der Waals surface area contributed by atoms with E-state index in [9.17, 15) is 14.0 Å². The van der Waals surface area contributed by atoms with E-state index in [0.717, 1.165) is 0 Å². The molecule has 7 nitrogen and oxygen atoms in total. The van der Waals surface area contributed by atoms with Crippen molar-refractivity contribution in [1.82, 2.24) is 15.2 Å². The molecule has 0 bridgehead atoms. The second-order valence-corrected chi connectivity index (χ2v) is 5.52. The molecule has 0 saturated carbocycles. The van der Waals surface area contributed by atoms with Crippen LogP contribution in [0.4, 0.5) is 15.8 Å². The second-order valence-electron chi connectivity index (χ2n) is 5.14. The van der Waals surface area contributed by atoms with Gasteiger partial charge < -0.3 is 10.6 Å². The first-order chi connectivity index (χ1) is 12.1. The molecule has 9 heteroatoms. The number of pyridine rings is 1. The van der Waals surface area contributed by atoms with Crippen LogP contribution in [0.2, 0.25) is 0 Å². The molecule has 0 radical (unpaired) electrons. The van der Waals surface area contributed by atoms with Gasteiger partial charge in [0.2, 0.25) is 5.91 Å². The lowest BCUT2D eigenvalue weighted by atomic mass is 10.2. The van der Waals surface area contributed by atoms with Crippen LogP contribution in [0.1, 0.15) is 16.9 Å². The van der Waals surface area contributed by atoms with E-state index < -0.39 is 11.7 Å². The Balaban J connectivity index is 1.84. The molecular formula is C16H13ClFN5O2. The van der Waals surface area contributed by atoms with Crippen molar-refractivity contribution in [1.29, 1.82) is 0 Å². The minimum atomic E-state index is -0.458. The van der Waals surface area contributed by atoms with E-state index in [1.165, 1.54) is 30.5 Å². The largest absolute Gasteiger partial charge is 0.325 e. The maximum absolute atomic E-state index is 12.9. The standard InChI is InChI=1S/C16H13ClFN5O2/c17-6-5-13(24)20-11-7-12-14(22-23-15(12)19-8-11)16(25)21-10-3-1-9(18)2-4-10/h1-4,7-8H,5-6H2,(H,20,24)(H,21,25)(H,19,22,23). The zero-order chi connectivity index (χ0) is 17.8. The molecule has 0 aliphatic heterocycles. The summed E-state index contributed by atoms with van der Waals surface area (Å²) in [4.78, 5) is 28.1. The molecule has 0 unspecified atom stereocenters. The Bertz CT molecular complexity index is 926. The van der Waals surface area contributed by atoms with Crippen molar-refractivity contribution in [3.05, 3.63) is 48.0 Å². The number of rotatable bonds is 5. The number of aromatic amines is 1. The van der Waals surface area contributed by atoms with Gasteiger partial charge in [-0.3, -0.25) is 14.7 Å². The van der Waals surface area contributed by atoms with Gasteiger partial charge in [-0.05, 0) is 30.3 Å². The van der Waals surface area contributed by atoms with Crippen LogP contribution in [0.25, 0.3) is 11.0 Å². The van der Waals surface area contributed by atoms with Gasteiger partial charge in [0, 0.05) is 18.0 Å². The lowest BCUT2D eigenvalue weighted by Crippen LogP contribution is -2.13. The van der Waals surface area contributed by atoms with Crippen molar-refractivity contribution >= 4 is 45.8 Å². The fraction of sp³-hybridized carbons (Fsp3) is 0.125.